The third-order valence-corrected chi connectivity index (χ3v) is 6.52. The minimum atomic E-state index is -1.00. The number of rotatable bonds is 8. The molecule has 34 heavy (non-hydrogen) atoms. The van der Waals surface area contributed by atoms with Crippen molar-refractivity contribution in [2.75, 3.05) is 31.7 Å². The highest BCUT2D eigenvalue weighted by Gasteiger charge is 2.30. The summed E-state index contributed by atoms with van der Waals surface area (Å²) in [7, 11) is 3.20. The van der Waals surface area contributed by atoms with Crippen LogP contribution in [-0.4, -0.2) is 65.2 Å². The van der Waals surface area contributed by atoms with Crippen molar-refractivity contribution in [2.24, 2.45) is 13.0 Å². The number of halogens is 1. The van der Waals surface area contributed by atoms with Crippen molar-refractivity contribution in [2.45, 2.75) is 64.5 Å². The van der Waals surface area contributed by atoms with Crippen LogP contribution < -0.4 is 4.90 Å². The number of hydrogen-bond acceptors (Lipinski definition) is 8. The van der Waals surface area contributed by atoms with Crippen molar-refractivity contribution in [3.63, 3.8) is 0 Å². The van der Waals surface area contributed by atoms with E-state index >= 15 is 0 Å². The van der Waals surface area contributed by atoms with Crippen molar-refractivity contribution in [1.29, 1.82) is 0 Å². The monoisotopic (exact) mass is 475 g/mol. The maximum absolute atomic E-state index is 14.5. The Morgan fingerprint density at radius 3 is 2.88 bits per heavy atom. The number of carbonyl (C=O) groups is 1. The van der Waals surface area contributed by atoms with Crippen LogP contribution in [0.2, 0.25) is 0 Å². The lowest BCUT2D eigenvalue weighted by Gasteiger charge is -2.36. The summed E-state index contributed by atoms with van der Waals surface area (Å²) < 4.78 is 32.7. The molecule has 3 unspecified atom stereocenters. The first-order valence-corrected chi connectivity index (χ1v) is 12.1. The fourth-order valence-electron chi connectivity index (χ4n) is 4.73. The molecule has 2 aromatic rings. The van der Waals surface area contributed by atoms with Crippen LogP contribution in [0.1, 0.15) is 50.4 Å². The van der Waals surface area contributed by atoms with Crippen LogP contribution in [0.5, 0.6) is 0 Å². The van der Waals surface area contributed by atoms with Crippen LogP contribution in [0.3, 0.4) is 0 Å². The van der Waals surface area contributed by atoms with Gasteiger partial charge in [-0.3, -0.25) is 4.79 Å². The lowest BCUT2D eigenvalue weighted by molar-refractivity contribution is -0.169. The zero-order valence-corrected chi connectivity index (χ0v) is 20.2. The first kappa shape index (κ1) is 24.5. The second-order valence-corrected chi connectivity index (χ2v) is 9.02. The summed E-state index contributed by atoms with van der Waals surface area (Å²) >= 11 is 0. The number of hydrogen-bond donors (Lipinski definition) is 0. The van der Waals surface area contributed by atoms with Crippen molar-refractivity contribution in [3.05, 3.63) is 23.5 Å². The molecule has 0 bridgehead atoms. The molecular formula is C24H34FN5O4. The number of carbonyl (C=O) groups excluding carboxylic acids is 1. The number of anilines is 1. The Kier molecular flexibility index (Phi) is 8.10. The fraction of sp³-hybridized carbons (Fsp3) is 0.667. The van der Waals surface area contributed by atoms with Gasteiger partial charge in [-0.2, -0.15) is 0 Å². The van der Waals surface area contributed by atoms with Crippen LogP contribution in [0.15, 0.2) is 12.1 Å². The average Bonchev–Trinajstić information content (AvgIpc) is 3.22. The summed E-state index contributed by atoms with van der Waals surface area (Å²) in [5.74, 6) is -0.398. The summed E-state index contributed by atoms with van der Waals surface area (Å²) in [4.78, 5) is 18.6. The maximum Gasteiger partial charge on any atom is 0.305 e. The highest BCUT2D eigenvalue weighted by Crippen LogP contribution is 2.31. The number of ether oxygens (including phenoxy) is 3. The second kappa shape index (κ2) is 11.2. The van der Waals surface area contributed by atoms with Gasteiger partial charge in [0.25, 0.3) is 0 Å². The number of piperidine rings is 1. The molecule has 4 rings (SSSR count). The lowest BCUT2D eigenvalue weighted by Crippen LogP contribution is -2.42. The van der Waals surface area contributed by atoms with Crippen molar-refractivity contribution in [1.82, 2.24) is 20.0 Å². The molecule has 2 fully saturated rings. The molecule has 0 saturated carbocycles. The Bertz CT molecular complexity index is 978. The van der Waals surface area contributed by atoms with E-state index < -0.39 is 6.17 Å². The molecule has 0 radical (unpaired) electrons. The number of nitrogens with zero attached hydrogens (tertiary/aromatic N) is 5. The third kappa shape index (κ3) is 5.72. The SMILES string of the molecule is CCc1nc(-c2nnn(C)c2COC2CCCCO2)ccc1N1CC(F)CC(CC(=O)OC)C1. The fourth-order valence-corrected chi connectivity index (χ4v) is 4.73. The largest absolute Gasteiger partial charge is 0.469 e. The number of methoxy groups -OCH3 is 1. The molecular weight excluding hydrogens is 441 g/mol. The number of esters is 1. The summed E-state index contributed by atoms with van der Waals surface area (Å²) in [5.41, 5.74) is 3.95. The highest BCUT2D eigenvalue weighted by atomic mass is 19.1. The maximum atomic E-state index is 14.5. The molecule has 186 valence electrons. The Labute approximate surface area is 199 Å². The summed E-state index contributed by atoms with van der Waals surface area (Å²) in [6.07, 6.45) is 3.11. The van der Waals surface area contributed by atoms with Gasteiger partial charge in [0, 0.05) is 26.7 Å². The van der Waals surface area contributed by atoms with E-state index in [4.69, 9.17) is 19.2 Å². The quantitative estimate of drug-likeness (QED) is 0.538. The van der Waals surface area contributed by atoms with E-state index in [1.54, 1.807) is 4.68 Å². The Balaban J connectivity index is 1.53. The van der Waals surface area contributed by atoms with Crippen LogP contribution in [0, 0.1) is 5.92 Å². The number of alkyl halides is 1. The van der Waals surface area contributed by atoms with Gasteiger partial charge in [0.2, 0.25) is 0 Å². The molecule has 0 N–H and O–H groups in total. The summed E-state index contributed by atoms with van der Waals surface area (Å²) in [6, 6.07) is 3.87. The Morgan fingerprint density at radius 1 is 1.29 bits per heavy atom. The van der Waals surface area contributed by atoms with Gasteiger partial charge < -0.3 is 19.1 Å². The minimum absolute atomic E-state index is 0.0914. The van der Waals surface area contributed by atoms with Gasteiger partial charge >= 0.3 is 5.97 Å². The highest BCUT2D eigenvalue weighted by molar-refractivity contribution is 5.69. The molecule has 2 saturated heterocycles. The molecule has 9 nitrogen and oxygen atoms in total. The molecule has 4 heterocycles. The lowest BCUT2D eigenvalue weighted by atomic mass is 9.93. The Hall–Kier alpha value is -2.59. The van der Waals surface area contributed by atoms with Gasteiger partial charge in [-0.15, -0.1) is 5.10 Å². The van der Waals surface area contributed by atoms with Crippen molar-refractivity contribution in [3.8, 4) is 11.4 Å². The Morgan fingerprint density at radius 2 is 2.15 bits per heavy atom. The second-order valence-electron chi connectivity index (χ2n) is 9.02. The smallest absolute Gasteiger partial charge is 0.305 e. The molecule has 2 aromatic heterocycles. The first-order valence-electron chi connectivity index (χ1n) is 12.1. The third-order valence-electron chi connectivity index (χ3n) is 6.52. The topological polar surface area (TPSA) is 91.6 Å². The van der Waals surface area contributed by atoms with Gasteiger partial charge in [0.05, 0.1) is 42.9 Å². The molecule has 2 aliphatic heterocycles. The van der Waals surface area contributed by atoms with E-state index in [0.717, 1.165) is 42.9 Å². The van der Waals surface area contributed by atoms with Crippen LogP contribution in [-0.2, 0) is 39.1 Å². The summed E-state index contributed by atoms with van der Waals surface area (Å²) in [5, 5.41) is 8.52. The van der Waals surface area contributed by atoms with Gasteiger partial charge in [-0.05, 0) is 50.2 Å². The van der Waals surface area contributed by atoms with Gasteiger partial charge in [0.15, 0.2) is 6.29 Å². The van der Waals surface area contributed by atoms with E-state index in [1.807, 2.05) is 31.0 Å². The zero-order chi connectivity index (χ0) is 24.1. The standard InChI is InChI=1S/C24H34FN5O4/c1-4-18-20(30-13-16(11-17(25)14-30)12-22(31)32-3)9-8-19(26-18)24-21(29(2)28-27-24)15-34-23-7-5-6-10-33-23/h8-9,16-17,23H,4-7,10-15H2,1-3H3. The molecule has 3 atom stereocenters. The van der Waals surface area contributed by atoms with E-state index in [0.29, 0.717) is 37.4 Å². The molecule has 0 spiro atoms. The zero-order valence-electron chi connectivity index (χ0n) is 20.2. The van der Waals surface area contributed by atoms with E-state index in [1.165, 1.54) is 7.11 Å². The van der Waals surface area contributed by atoms with Gasteiger partial charge in [0.1, 0.15) is 11.9 Å². The summed E-state index contributed by atoms with van der Waals surface area (Å²) in [6.45, 7) is 3.96. The molecule has 0 aromatic carbocycles. The first-order chi connectivity index (χ1) is 16.5. The normalized spacial score (nSPS) is 23.2. The minimum Gasteiger partial charge on any atom is -0.469 e. The van der Waals surface area contributed by atoms with E-state index in [2.05, 4.69) is 10.3 Å². The molecule has 10 heteroatoms. The van der Waals surface area contributed by atoms with E-state index in [9.17, 15) is 9.18 Å². The molecule has 2 aliphatic rings. The average molecular weight is 476 g/mol. The van der Waals surface area contributed by atoms with E-state index in [-0.39, 0.29) is 31.1 Å². The predicted molar refractivity (Wildman–Crippen MR) is 124 cm³/mol. The number of aryl methyl sites for hydroxylation is 2. The van der Waals surface area contributed by atoms with Crippen LogP contribution in [0.25, 0.3) is 11.4 Å². The van der Waals surface area contributed by atoms with Crippen molar-refractivity contribution >= 4 is 11.7 Å². The predicted octanol–water partition coefficient (Wildman–Crippen LogP) is 3.21. The number of aromatic nitrogens is 4. The van der Waals surface area contributed by atoms with Gasteiger partial charge in [-0.25, -0.2) is 14.1 Å². The van der Waals surface area contributed by atoms with Crippen LogP contribution in [0.4, 0.5) is 10.1 Å². The molecule has 0 aliphatic carbocycles. The number of pyridine rings is 1. The van der Waals surface area contributed by atoms with Crippen molar-refractivity contribution < 1.29 is 23.4 Å². The molecule has 0 amide bonds. The van der Waals surface area contributed by atoms with Crippen LogP contribution >= 0.6 is 0 Å². The van der Waals surface area contributed by atoms with Gasteiger partial charge in [-0.1, -0.05) is 12.1 Å².